The molecule has 3 nitrogen and oxygen atoms in total. The van der Waals surface area contributed by atoms with E-state index in [1.807, 2.05) is 0 Å². The minimum Gasteiger partial charge on any atom is -0.376 e. The van der Waals surface area contributed by atoms with Gasteiger partial charge in [-0.2, -0.15) is 0 Å². The van der Waals surface area contributed by atoms with Crippen LogP contribution in [0, 0.1) is 5.92 Å². The summed E-state index contributed by atoms with van der Waals surface area (Å²) in [5.74, 6) is 1.38. The second-order valence-electron chi connectivity index (χ2n) is 4.43. The number of rotatable bonds is 5. The highest BCUT2D eigenvalue weighted by molar-refractivity contribution is 6.17. The highest BCUT2D eigenvalue weighted by Crippen LogP contribution is 2.38. The third-order valence-electron chi connectivity index (χ3n) is 3.11. The number of carbonyl (C=O) groups is 1. The van der Waals surface area contributed by atoms with E-state index in [1.54, 1.807) is 0 Å². The Morgan fingerprint density at radius 2 is 2.20 bits per heavy atom. The fraction of sp³-hybridized carbons (Fsp3) is 0.909. The molecule has 0 aromatic rings. The average molecular weight is 232 g/mol. The molecule has 1 aliphatic heterocycles. The second kappa shape index (κ2) is 5.17. The number of alkyl halides is 1. The molecular weight excluding hydrogens is 214 g/mol. The number of hydrogen-bond acceptors (Lipinski definition) is 2. The Morgan fingerprint density at radius 1 is 1.40 bits per heavy atom. The normalized spacial score (nSPS) is 30.5. The molecule has 2 unspecified atom stereocenters. The first-order valence-corrected chi connectivity index (χ1v) is 6.31. The topological polar surface area (TPSA) is 38.3 Å². The molecule has 2 atom stereocenters. The largest absolute Gasteiger partial charge is 0.376 e. The molecule has 2 rings (SSSR count). The molecular formula is C11H18ClNO2. The lowest BCUT2D eigenvalue weighted by atomic mass is 10.1. The summed E-state index contributed by atoms with van der Waals surface area (Å²) in [6.45, 7) is 0.793. The number of ether oxygens (including phenoxy) is 1. The zero-order valence-corrected chi connectivity index (χ0v) is 9.63. The van der Waals surface area contributed by atoms with Crippen molar-refractivity contribution in [2.75, 3.05) is 12.5 Å². The lowest BCUT2D eigenvalue weighted by Crippen LogP contribution is -2.41. The maximum Gasteiger partial charge on any atom is 0.220 e. The Labute approximate surface area is 95.5 Å². The van der Waals surface area contributed by atoms with E-state index in [-0.39, 0.29) is 18.1 Å². The predicted octanol–water partition coefficient (Wildman–Crippen LogP) is 1.69. The van der Waals surface area contributed by atoms with Gasteiger partial charge in [-0.25, -0.2) is 0 Å². The summed E-state index contributed by atoms with van der Waals surface area (Å²) in [5.41, 5.74) is 0. The van der Waals surface area contributed by atoms with E-state index in [9.17, 15) is 4.79 Å². The van der Waals surface area contributed by atoms with Gasteiger partial charge in [-0.3, -0.25) is 4.79 Å². The molecule has 86 valence electrons. The molecule has 1 saturated heterocycles. The summed E-state index contributed by atoms with van der Waals surface area (Å²) < 4.78 is 5.65. The van der Waals surface area contributed by atoms with Gasteiger partial charge in [-0.05, 0) is 31.6 Å². The first-order chi connectivity index (χ1) is 7.31. The van der Waals surface area contributed by atoms with Gasteiger partial charge in [0.1, 0.15) is 0 Å². The van der Waals surface area contributed by atoms with Crippen LogP contribution < -0.4 is 5.32 Å². The molecule has 0 spiro atoms. The fourth-order valence-electron chi connectivity index (χ4n) is 2.16. The molecule has 0 aromatic heterocycles. The number of hydrogen-bond donors (Lipinski definition) is 1. The zero-order chi connectivity index (χ0) is 10.7. The molecule has 1 heterocycles. The number of carbonyl (C=O) groups excluding carboxylic acids is 1. The van der Waals surface area contributed by atoms with Crippen LogP contribution in [-0.2, 0) is 9.53 Å². The van der Waals surface area contributed by atoms with Crippen LogP contribution in [0.1, 0.15) is 32.1 Å². The van der Waals surface area contributed by atoms with Gasteiger partial charge in [-0.15, -0.1) is 11.6 Å². The quantitative estimate of drug-likeness (QED) is 0.732. The predicted molar refractivity (Wildman–Crippen MR) is 59.0 cm³/mol. The smallest absolute Gasteiger partial charge is 0.220 e. The van der Waals surface area contributed by atoms with Crippen molar-refractivity contribution in [1.29, 1.82) is 0 Å². The lowest BCUT2D eigenvalue weighted by Gasteiger charge is -2.19. The van der Waals surface area contributed by atoms with Crippen LogP contribution in [0.3, 0.4) is 0 Å². The molecule has 1 N–H and O–H groups in total. The zero-order valence-electron chi connectivity index (χ0n) is 8.88. The molecule has 0 aromatic carbocycles. The van der Waals surface area contributed by atoms with Crippen LogP contribution in [0.2, 0.25) is 0 Å². The van der Waals surface area contributed by atoms with Crippen LogP contribution in [0.5, 0.6) is 0 Å². The third kappa shape index (κ3) is 3.08. The van der Waals surface area contributed by atoms with Crippen molar-refractivity contribution in [3.05, 3.63) is 0 Å². The summed E-state index contributed by atoms with van der Waals surface area (Å²) in [5, 5.41) is 3.06. The van der Waals surface area contributed by atoms with E-state index in [0.717, 1.165) is 19.4 Å². The van der Waals surface area contributed by atoms with Gasteiger partial charge in [0.25, 0.3) is 0 Å². The van der Waals surface area contributed by atoms with Gasteiger partial charge in [0.15, 0.2) is 0 Å². The lowest BCUT2D eigenvalue weighted by molar-refractivity contribution is -0.122. The van der Waals surface area contributed by atoms with E-state index in [0.29, 0.717) is 18.2 Å². The first-order valence-electron chi connectivity index (χ1n) is 5.78. The standard InChI is InChI=1S/C11H18ClNO2/c12-6-1-2-10(14)13-9-5-7-15-11(9)8-3-4-8/h8-9,11H,1-7H2,(H,13,14). The fourth-order valence-corrected chi connectivity index (χ4v) is 2.30. The van der Waals surface area contributed by atoms with Gasteiger partial charge in [-0.1, -0.05) is 0 Å². The Hall–Kier alpha value is -0.280. The van der Waals surface area contributed by atoms with Crippen molar-refractivity contribution >= 4 is 17.5 Å². The van der Waals surface area contributed by atoms with Crippen LogP contribution in [0.4, 0.5) is 0 Å². The maximum absolute atomic E-state index is 11.5. The SMILES string of the molecule is O=C(CCCCl)NC1CCOC1C1CC1. The third-order valence-corrected chi connectivity index (χ3v) is 3.37. The van der Waals surface area contributed by atoms with Gasteiger partial charge in [0.2, 0.25) is 5.91 Å². The van der Waals surface area contributed by atoms with Crippen molar-refractivity contribution in [1.82, 2.24) is 5.32 Å². The summed E-state index contributed by atoms with van der Waals surface area (Å²) in [6.07, 6.45) is 5.07. The molecule has 1 saturated carbocycles. The van der Waals surface area contributed by atoms with E-state index < -0.39 is 0 Å². The van der Waals surface area contributed by atoms with Gasteiger partial charge in [0, 0.05) is 18.9 Å². The molecule has 2 aliphatic rings. The maximum atomic E-state index is 11.5. The highest BCUT2D eigenvalue weighted by Gasteiger charge is 2.40. The van der Waals surface area contributed by atoms with E-state index in [1.165, 1.54) is 12.8 Å². The monoisotopic (exact) mass is 231 g/mol. The Balaban J connectivity index is 1.74. The average Bonchev–Trinajstić information content (AvgIpc) is 2.97. The van der Waals surface area contributed by atoms with Crippen molar-refractivity contribution in [3.8, 4) is 0 Å². The molecule has 4 heteroatoms. The molecule has 2 fully saturated rings. The minimum atomic E-state index is 0.122. The van der Waals surface area contributed by atoms with Crippen molar-refractivity contribution in [2.24, 2.45) is 5.92 Å². The van der Waals surface area contributed by atoms with Crippen LogP contribution in [-0.4, -0.2) is 30.5 Å². The molecule has 1 amide bonds. The van der Waals surface area contributed by atoms with Gasteiger partial charge >= 0.3 is 0 Å². The van der Waals surface area contributed by atoms with E-state index >= 15 is 0 Å². The van der Waals surface area contributed by atoms with Crippen LogP contribution >= 0.6 is 11.6 Å². The molecule has 15 heavy (non-hydrogen) atoms. The summed E-state index contributed by atoms with van der Waals surface area (Å²) in [6, 6.07) is 0.250. The van der Waals surface area contributed by atoms with Crippen LogP contribution in [0.15, 0.2) is 0 Å². The molecule has 0 bridgehead atoms. The van der Waals surface area contributed by atoms with Gasteiger partial charge < -0.3 is 10.1 Å². The number of halogens is 1. The minimum absolute atomic E-state index is 0.122. The number of amides is 1. The van der Waals surface area contributed by atoms with Crippen molar-refractivity contribution < 1.29 is 9.53 Å². The number of nitrogens with one attached hydrogen (secondary N) is 1. The van der Waals surface area contributed by atoms with Crippen molar-refractivity contribution in [3.63, 3.8) is 0 Å². The van der Waals surface area contributed by atoms with E-state index in [4.69, 9.17) is 16.3 Å². The van der Waals surface area contributed by atoms with Crippen LogP contribution in [0.25, 0.3) is 0 Å². The Kier molecular flexibility index (Phi) is 3.87. The highest BCUT2D eigenvalue weighted by atomic mass is 35.5. The Morgan fingerprint density at radius 3 is 2.87 bits per heavy atom. The van der Waals surface area contributed by atoms with Gasteiger partial charge in [0.05, 0.1) is 12.1 Å². The second-order valence-corrected chi connectivity index (χ2v) is 4.81. The van der Waals surface area contributed by atoms with E-state index in [2.05, 4.69) is 5.32 Å². The summed E-state index contributed by atoms with van der Waals surface area (Å²) >= 11 is 5.55. The van der Waals surface area contributed by atoms with Crippen molar-refractivity contribution in [2.45, 2.75) is 44.2 Å². The first kappa shape index (κ1) is 11.2. The molecule has 0 radical (unpaired) electrons. The molecule has 1 aliphatic carbocycles. The summed E-state index contributed by atoms with van der Waals surface area (Å²) in [4.78, 5) is 11.5. The summed E-state index contributed by atoms with van der Waals surface area (Å²) in [7, 11) is 0. The Bertz CT molecular complexity index is 231.